The molecule has 23 heavy (non-hydrogen) atoms. The minimum Gasteiger partial charge on any atom is -0.456 e. The van der Waals surface area contributed by atoms with E-state index >= 15 is 0 Å². The summed E-state index contributed by atoms with van der Waals surface area (Å²) in [6, 6.07) is 14.4. The molecule has 0 radical (unpaired) electrons. The Morgan fingerprint density at radius 1 is 1.09 bits per heavy atom. The van der Waals surface area contributed by atoms with Crippen LogP contribution in [0.4, 0.5) is 0 Å². The predicted molar refractivity (Wildman–Crippen MR) is 87.2 cm³/mol. The van der Waals surface area contributed by atoms with Crippen LogP contribution < -0.4 is 0 Å². The normalized spacial score (nSPS) is 27.1. The number of esters is 1. The number of benzene rings is 1. The summed E-state index contributed by atoms with van der Waals surface area (Å²) >= 11 is 0. The monoisotopic (exact) mass is 311 g/mol. The van der Waals surface area contributed by atoms with E-state index in [4.69, 9.17) is 9.15 Å². The van der Waals surface area contributed by atoms with Crippen molar-refractivity contribution in [2.24, 2.45) is 0 Å². The first-order valence-electron chi connectivity index (χ1n) is 8.29. The van der Waals surface area contributed by atoms with Crippen LogP contribution >= 0.6 is 0 Å². The van der Waals surface area contributed by atoms with Crippen molar-refractivity contribution in [2.45, 2.75) is 43.9 Å². The summed E-state index contributed by atoms with van der Waals surface area (Å²) in [5, 5.41) is 0. The van der Waals surface area contributed by atoms with Crippen molar-refractivity contribution in [1.82, 2.24) is 4.90 Å². The van der Waals surface area contributed by atoms with E-state index in [1.54, 1.807) is 6.07 Å². The summed E-state index contributed by atoms with van der Waals surface area (Å²) < 4.78 is 11.4. The first-order valence-corrected chi connectivity index (χ1v) is 8.29. The van der Waals surface area contributed by atoms with Crippen molar-refractivity contribution < 1.29 is 13.9 Å². The van der Waals surface area contributed by atoms with Crippen molar-refractivity contribution in [3.8, 4) is 11.3 Å². The molecule has 4 heteroatoms. The van der Waals surface area contributed by atoms with E-state index in [9.17, 15) is 4.79 Å². The third-order valence-electron chi connectivity index (χ3n) is 5.19. The lowest BCUT2D eigenvalue weighted by Gasteiger charge is -2.35. The predicted octanol–water partition coefficient (Wildman–Crippen LogP) is 3.73. The highest BCUT2D eigenvalue weighted by Gasteiger charge is 2.40. The standard InChI is InChI=1S/C19H21NO3/c1-20-14-7-8-15(20)12-16(11-14)22-19(21)18-10-9-17(23-18)13-5-3-2-4-6-13/h2-6,9-10,14-16H,7-8,11-12H2,1H3. The van der Waals surface area contributed by atoms with Gasteiger partial charge in [0.1, 0.15) is 11.9 Å². The van der Waals surface area contributed by atoms with Gasteiger partial charge >= 0.3 is 5.97 Å². The van der Waals surface area contributed by atoms with Crippen molar-refractivity contribution in [3.05, 3.63) is 48.2 Å². The summed E-state index contributed by atoms with van der Waals surface area (Å²) in [5.74, 6) is 0.636. The van der Waals surface area contributed by atoms with Crippen LogP contribution in [0.1, 0.15) is 36.2 Å². The van der Waals surface area contributed by atoms with E-state index in [2.05, 4.69) is 11.9 Å². The molecule has 2 bridgehead atoms. The van der Waals surface area contributed by atoms with Crippen LogP contribution in [0.5, 0.6) is 0 Å². The quantitative estimate of drug-likeness (QED) is 0.810. The summed E-state index contributed by atoms with van der Waals surface area (Å²) in [5.41, 5.74) is 0.962. The van der Waals surface area contributed by atoms with Crippen LogP contribution in [0.15, 0.2) is 46.9 Å². The van der Waals surface area contributed by atoms with E-state index < -0.39 is 0 Å². The van der Waals surface area contributed by atoms with Crippen molar-refractivity contribution in [2.75, 3.05) is 7.05 Å². The number of ether oxygens (including phenoxy) is 1. The van der Waals surface area contributed by atoms with Gasteiger partial charge in [-0.1, -0.05) is 30.3 Å². The van der Waals surface area contributed by atoms with Gasteiger partial charge in [0.2, 0.25) is 5.76 Å². The zero-order valence-electron chi connectivity index (χ0n) is 13.3. The Bertz CT molecular complexity index is 680. The van der Waals surface area contributed by atoms with Gasteiger partial charge < -0.3 is 14.1 Å². The van der Waals surface area contributed by atoms with Crippen LogP contribution in [0.25, 0.3) is 11.3 Å². The summed E-state index contributed by atoms with van der Waals surface area (Å²) in [7, 11) is 2.18. The molecule has 2 aliphatic rings. The van der Waals surface area contributed by atoms with Gasteiger partial charge in [0.15, 0.2) is 0 Å². The molecule has 4 rings (SSSR count). The Morgan fingerprint density at radius 2 is 1.78 bits per heavy atom. The van der Waals surface area contributed by atoms with Crippen molar-refractivity contribution >= 4 is 5.97 Å². The van der Waals surface area contributed by atoms with E-state index in [1.165, 1.54) is 12.8 Å². The van der Waals surface area contributed by atoms with Gasteiger partial charge in [0.05, 0.1) is 0 Å². The maximum Gasteiger partial charge on any atom is 0.374 e. The highest BCUT2D eigenvalue weighted by atomic mass is 16.6. The van der Waals surface area contributed by atoms with Gasteiger partial charge in [0, 0.05) is 30.5 Å². The van der Waals surface area contributed by atoms with Crippen molar-refractivity contribution in [3.63, 3.8) is 0 Å². The van der Waals surface area contributed by atoms with Crippen LogP contribution in [-0.4, -0.2) is 36.1 Å². The van der Waals surface area contributed by atoms with Gasteiger partial charge in [-0.2, -0.15) is 0 Å². The zero-order chi connectivity index (χ0) is 15.8. The average Bonchev–Trinajstić information content (AvgIpc) is 3.12. The number of hydrogen-bond acceptors (Lipinski definition) is 4. The topological polar surface area (TPSA) is 42.7 Å². The molecule has 0 N–H and O–H groups in total. The van der Waals surface area contributed by atoms with Crippen LogP contribution in [0, 0.1) is 0 Å². The van der Waals surface area contributed by atoms with Gasteiger partial charge in [-0.3, -0.25) is 0 Å². The molecule has 1 aromatic carbocycles. The minimum atomic E-state index is -0.346. The molecule has 0 amide bonds. The molecule has 2 aromatic rings. The fraction of sp³-hybridized carbons (Fsp3) is 0.421. The van der Waals surface area contributed by atoms with Crippen LogP contribution in [0.3, 0.4) is 0 Å². The summed E-state index contributed by atoms with van der Waals surface area (Å²) in [4.78, 5) is 14.8. The van der Waals surface area contributed by atoms with Gasteiger partial charge in [0.25, 0.3) is 0 Å². The third kappa shape index (κ3) is 2.79. The molecule has 120 valence electrons. The molecule has 0 saturated carbocycles. The average molecular weight is 311 g/mol. The molecule has 3 heterocycles. The highest BCUT2D eigenvalue weighted by Crippen LogP contribution is 2.35. The second-order valence-corrected chi connectivity index (χ2v) is 6.58. The van der Waals surface area contributed by atoms with Crippen molar-refractivity contribution in [1.29, 1.82) is 0 Å². The van der Waals surface area contributed by atoms with E-state index in [1.807, 2.05) is 36.4 Å². The fourth-order valence-electron chi connectivity index (χ4n) is 3.87. The molecular formula is C19H21NO3. The molecule has 1 aromatic heterocycles. The Balaban J connectivity index is 1.43. The molecule has 4 nitrogen and oxygen atoms in total. The Hall–Kier alpha value is -2.07. The molecular weight excluding hydrogens is 290 g/mol. The summed E-state index contributed by atoms with van der Waals surface area (Å²) in [6.45, 7) is 0. The van der Waals surface area contributed by atoms with E-state index in [0.29, 0.717) is 17.8 Å². The largest absolute Gasteiger partial charge is 0.456 e. The Labute approximate surface area is 136 Å². The number of furan rings is 1. The molecule has 0 aliphatic carbocycles. The molecule has 2 atom stereocenters. The second-order valence-electron chi connectivity index (χ2n) is 6.58. The number of piperidine rings is 1. The number of nitrogens with zero attached hydrogens (tertiary/aromatic N) is 1. The number of carbonyl (C=O) groups excluding carboxylic acids is 1. The molecule has 2 unspecified atom stereocenters. The minimum absolute atomic E-state index is 0.0153. The van der Waals surface area contributed by atoms with Crippen LogP contribution in [0.2, 0.25) is 0 Å². The summed E-state index contributed by atoms with van der Waals surface area (Å²) in [6.07, 6.45) is 4.32. The number of hydrogen-bond donors (Lipinski definition) is 0. The third-order valence-corrected chi connectivity index (χ3v) is 5.19. The van der Waals surface area contributed by atoms with Crippen LogP contribution in [-0.2, 0) is 4.74 Å². The van der Waals surface area contributed by atoms with E-state index in [-0.39, 0.29) is 17.8 Å². The smallest absolute Gasteiger partial charge is 0.374 e. The maximum absolute atomic E-state index is 12.3. The lowest BCUT2D eigenvalue weighted by molar-refractivity contribution is -0.00305. The first kappa shape index (κ1) is 14.5. The zero-order valence-corrected chi connectivity index (χ0v) is 13.3. The molecule has 2 fully saturated rings. The highest BCUT2D eigenvalue weighted by molar-refractivity contribution is 5.87. The van der Waals surface area contributed by atoms with Gasteiger partial charge in [-0.15, -0.1) is 0 Å². The Kier molecular flexibility index (Phi) is 3.69. The Morgan fingerprint density at radius 3 is 2.48 bits per heavy atom. The van der Waals surface area contributed by atoms with Gasteiger partial charge in [-0.05, 0) is 32.0 Å². The molecule has 0 spiro atoms. The maximum atomic E-state index is 12.3. The SMILES string of the molecule is CN1C2CCC1CC(OC(=O)c1ccc(-c3ccccc3)o1)C2. The molecule has 2 saturated heterocycles. The van der Waals surface area contributed by atoms with E-state index in [0.717, 1.165) is 18.4 Å². The number of rotatable bonds is 3. The molecule has 2 aliphatic heterocycles. The number of carbonyl (C=O) groups is 1. The fourth-order valence-corrected chi connectivity index (χ4v) is 3.87. The first-order chi connectivity index (χ1) is 11.2. The number of fused-ring (bicyclic) bond motifs is 2. The lowest BCUT2D eigenvalue weighted by atomic mass is 10.0. The lowest BCUT2D eigenvalue weighted by Crippen LogP contribution is -2.43. The van der Waals surface area contributed by atoms with Gasteiger partial charge in [-0.25, -0.2) is 4.79 Å². The second kappa shape index (κ2) is 5.85.